The maximum absolute atomic E-state index is 12.3. The van der Waals surface area contributed by atoms with Crippen molar-refractivity contribution in [3.05, 3.63) is 54.1 Å². The number of amides is 1. The van der Waals surface area contributed by atoms with Crippen molar-refractivity contribution >= 4 is 22.9 Å². The number of H-pyrrole nitrogens is 1. The fourth-order valence-corrected chi connectivity index (χ4v) is 2.86. The Labute approximate surface area is 145 Å². The van der Waals surface area contributed by atoms with Gasteiger partial charge < -0.3 is 14.5 Å². The van der Waals surface area contributed by atoms with Gasteiger partial charge in [-0.3, -0.25) is 10.1 Å². The van der Waals surface area contributed by atoms with Crippen molar-refractivity contribution in [2.45, 2.75) is 18.9 Å². The van der Waals surface area contributed by atoms with E-state index in [4.69, 9.17) is 9.47 Å². The zero-order valence-electron chi connectivity index (χ0n) is 13.7. The number of aromatic nitrogens is 2. The molecule has 1 aliphatic rings. The molecular formula is C19H19N3O3. The summed E-state index contributed by atoms with van der Waals surface area (Å²) in [5.74, 6) is 0.949. The molecule has 2 heterocycles. The maximum atomic E-state index is 12.3. The molecule has 0 spiro atoms. The van der Waals surface area contributed by atoms with E-state index < -0.39 is 0 Å². The molecule has 0 radical (unpaired) electrons. The lowest BCUT2D eigenvalue weighted by molar-refractivity contribution is 0.0679. The molecule has 2 N–H and O–H groups in total. The molecule has 0 unspecified atom stereocenters. The van der Waals surface area contributed by atoms with Crippen molar-refractivity contribution in [2.24, 2.45) is 0 Å². The molecule has 1 aliphatic heterocycles. The van der Waals surface area contributed by atoms with E-state index in [0.29, 0.717) is 18.1 Å². The van der Waals surface area contributed by atoms with Crippen molar-refractivity contribution in [1.29, 1.82) is 0 Å². The normalized spacial score (nSPS) is 16.9. The van der Waals surface area contributed by atoms with Gasteiger partial charge in [-0.05, 0) is 49.2 Å². The molecule has 0 aliphatic carbocycles. The van der Waals surface area contributed by atoms with Crippen LogP contribution in [-0.4, -0.2) is 35.2 Å². The summed E-state index contributed by atoms with van der Waals surface area (Å²) >= 11 is 0. The number of carbonyl (C=O) groups is 1. The summed E-state index contributed by atoms with van der Waals surface area (Å²) in [6, 6.07) is 14.7. The lowest BCUT2D eigenvalue weighted by Crippen LogP contribution is -2.16. The maximum Gasteiger partial charge on any atom is 0.257 e. The van der Waals surface area contributed by atoms with Gasteiger partial charge in [0, 0.05) is 12.2 Å². The number of fused-ring (bicyclic) bond motifs is 1. The van der Waals surface area contributed by atoms with Crippen molar-refractivity contribution in [2.75, 3.05) is 18.5 Å². The number of aromatic amines is 1. The highest BCUT2D eigenvalue weighted by Crippen LogP contribution is 2.18. The van der Waals surface area contributed by atoms with E-state index >= 15 is 0 Å². The minimum atomic E-state index is -0.218. The number of nitrogens with one attached hydrogen (secondary N) is 2. The molecule has 3 aromatic rings. The second-order valence-corrected chi connectivity index (χ2v) is 6.03. The van der Waals surface area contributed by atoms with Crippen molar-refractivity contribution < 1.29 is 14.3 Å². The Kier molecular flexibility index (Phi) is 4.35. The Hall–Kier alpha value is -2.86. The minimum Gasteiger partial charge on any atom is -0.491 e. The molecule has 1 aromatic heterocycles. The average Bonchev–Trinajstić information content (AvgIpc) is 3.29. The van der Waals surface area contributed by atoms with Gasteiger partial charge in [0.2, 0.25) is 5.95 Å². The van der Waals surface area contributed by atoms with Gasteiger partial charge in [0.25, 0.3) is 5.91 Å². The van der Waals surface area contributed by atoms with Crippen LogP contribution in [0.15, 0.2) is 48.5 Å². The summed E-state index contributed by atoms with van der Waals surface area (Å²) in [5, 5.41) is 2.78. The molecule has 1 amide bonds. The van der Waals surface area contributed by atoms with Crippen LogP contribution in [0.1, 0.15) is 23.2 Å². The first-order valence-electron chi connectivity index (χ1n) is 8.38. The molecule has 2 aromatic carbocycles. The molecule has 25 heavy (non-hydrogen) atoms. The fourth-order valence-electron chi connectivity index (χ4n) is 2.86. The smallest absolute Gasteiger partial charge is 0.257 e. The molecule has 6 heteroatoms. The Morgan fingerprint density at radius 1 is 1.24 bits per heavy atom. The summed E-state index contributed by atoms with van der Waals surface area (Å²) in [4.78, 5) is 19.8. The van der Waals surface area contributed by atoms with Crippen LogP contribution in [-0.2, 0) is 4.74 Å². The number of benzene rings is 2. The Morgan fingerprint density at radius 3 is 2.84 bits per heavy atom. The van der Waals surface area contributed by atoms with Crippen LogP contribution >= 0.6 is 0 Å². The number of para-hydroxylation sites is 2. The van der Waals surface area contributed by atoms with Crippen LogP contribution in [0.5, 0.6) is 5.75 Å². The molecule has 4 rings (SSSR count). The fraction of sp³-hybridized carbons (Fsp3) is 0.263. The predicted octanol–water partition coefficient (Wildman–Crippen LogP) is 3.37. The first kappa shape index (κ1) is 15.7. The molecule has 0 bridgehead atoms. The van der Waals surface area contributed by atoms with Crippen molar-refractivity contribution in [1.82, 2.24) is 9.97 Å². The van der Waals surface area contributed by atoms with E-state index in [1.165, 1.54) is 0 Å². The molecule has 1 saturated heterocycles. The third-order valence-electron chi connectivity index (χ3n) is 4.20. The molecule has 0 saturated carbocycles. The van der Waals surface area contributed by atoms with Crippen molar-refractivity contribution in [3.63, 3.8) is 0 Å². The van der Waals surface area contributed by atoms with E-state index in [9.17, 15) is 4.79 Å². The first-order chi connectivity index (χ1) is 12.3. The van der Waals surface area contributed by atoms with Crippen LogP contribution in [0.25, 0.3) is 11.0 Å². The quantitative estimate of drug-likeness (QED) is 0.748. The molecular weight excluding hydrogens is 318 g/mol. The van der Waals surface area contributed by atoms with Gasteiger partial charge in [-0.15, -0.1) is 0 Å². The summed E-state index contributed by atoms with van der Waals surface area (Å²) < 4.78 is 11.2. The average molecular weight is 337 g/mol. The van der Waals surface area contributed by atoms with Gasteiger partial charge in [0.15, 0.2) is 0 Å². The van der Waals surface area contributed by atoms with Crippen molar-refractivity contribution in [3.8, 4) is 5.75 Å². The SMILES string of the molecule is O=C(Nc1nc2ccccc2[nH]1)c1ccc(OC[C@H]2CCCO2)cc1. The van der Waals surface area contributed by atoms with E-state index in [-0.39, 0.29) is 12.0 Å². The van der Waals surface area contributed by atoms with E-state index in [1.54, 1.807) is 24.3 Å². The Balaban J connectivity index is 1.38. The lowest BCUT2D eigenvalue weighted by Gasteiger charge is -2.11. The number of imidazole rings is 1. The Morgan fingerprint density at radius 2 is 2.08 bits per heavy atom. The lowest BCUT2D eigenvalue weighted by atomic mass is 10.2. The molecule has 1 atom stereocenters. The third kappa shape index (κ3) is 3.64. The van der Waals surface area contributed by atoms with Crippen LogP contribution in [0.3, 0.4) is 0 Å². The Bertz CT molecular complexity index is 834. The number of hydrogen-bond donors (Lipinski definition) is 2. The zero-order chi connectivity index (χ0) is 17.1. The largest absolute Gasteiger partial charge is 0.491 e. The van der Waals surface area contributed by atoms with Gasteiger partial charge in [-0.1, -0.05) is 12.1 Å². The van der Waals surface area contributed by atoms with Crippen LogP contribution in [0, 0.1) is 0 Å². The van der Waals surface area contributed by atoms with Crippen LogP contribution < -0.4 is 10.1 Å². The van der Waals surface area contributed by atoms with E-state index in [1.807, 2.05) is 24.3 Å². The number of nitrogens with zero attached hydrogens (tertiary/aromatic N) is 1. The van der Waals surface area contributed by atoms with Gasteiger partial charge in [0.1, 0.15) is 12.4 Å². The standard InChI is InChI=1S/C19H19N3O3/c23-18(22-19-20-16-5-1-2-6-17(16)21-19)13-7-9-14(10-8-13)25-12-15-4-3-11-24-15/h1-2,5-10,15H,3-4,11-12H2,(H2,20,21,22,23)/t15-/m1/s1. The number of anilines is 1. The highest BCUT2D eigenvalue weighted by molar-refractivity contribution is 6.04. The van der Waals surface area contributed by atoms with Crippen LogP contribution in [0.2, 0.25) is 0 Å². The summed E-state index contributed by atoms with van der Waals surface area (Å²) in [7, 11) is 0. The van der Waals surface area contributed by atoms with E-state index in [2.05, 4.69) is 15.3 Å². The summed E-state index contributed by atoms with van der Waals surface area (Å²) in [6.07, 6.45) is 2.31. The number of rotatable bonds is 5. The zero-order valence-corrected chi connectivity index (χ0v) is 13.7. The molecule has 1 fully saturated rings. The monoisotopic (exact) mass is 337 g/mol. The van der Waals surface area contributed by atoms with Gasteiger partial charge >= 0.3 is 0 Å². The summed E-state index contributed by atoms with van der Waals surface area (Å²) in [6.45, 7) is 1.36. The minimum absolute atomic E-state index is 0.177. The molecule has 128 valence electrons. The van der Waals surface area contributed by atoms with Gasteiger partial charge in [-0.25, -0.2) is 4.98 Å². The third-order valence-corrected chi connectivity index (χ3v) is 4.20. The highest BCUT2D eigenvalue weighted by atomic mass is 16.5. The van der Waals surface area contributed by atoms with Gasteiger partial charge in [-0.2, -0.15) is 0 Å². The first-order valence-corrected chi connectivity index (χ1v) is 8.38. The molecule has 6 nitrogen and oxygen atoms in total. The number of ether oxygens (including phenoxy) is 2. The number of hydrogen-bond acceptors (Lipinski definition) is 4. The van der Waals surface area contributed by atoms with Gasteiger partial charge in [0.05, 0.1) is 17.1 Å². The topological polar surface area (TPSA) is 76.2 Å². The second kappa shape index (κ2) is 6.94. The highest BCUT2D eigenvalue weighted by Gasteiger charge is 2.16. The van der Waals surface area contributed by atoms with Crippen LogP contribution in [0.4, 0.5) is 5.95 Å². The second-order valence-electron chi connectivity index (χ2n) is 6.03. The van der Waals surface area contributed by atoms with E-state index in [0.717, 1.165) is 36.2 Å². The number of carbonyl (C=O) groups excluding carboxylic acids is 1. The predicted molar refractivity (Wildman–Crippen MR) is 95.0 cm³/mol. The summed E-state index contributed by atoms with van der Waals surface area (Å²) in [5.41, 5.74) is 2.25.